The Kier molecular flexibility index (Phi) is 6.47. The molecule has 1 heterocycles. The van der Waals surface area contributed by atoms with Gasteiger partial charge in [0.05, 0.1) is 10.0 Å². The summed E-state index contributed by atoms with van der Waals surface area (Å²) in [7, 11) is 0. The third kappa shape index (κ3) is 5.08. The van der Waals surface area contributed by atoms with Gasteiger partial charge >= 0.3 is 5.97 Å². The molecule has 0 unspecified atom stereocenters. The van der Waals surface area contributed by atoms with Crippen molar-refractivity contribution in [2.24, 2.45) is 0 Å². The molecule has 2 aromatic carbocycles. The lowest BCUT2D eigenvalue weighted by atomic mass is 9.94. The molecule has 0 atom stereocenters. The normalized spacial score (nSPS) is 14.1. The summed E-state index contributed by atoms with van der Waals surface area (Å²) < 4.78 is 25.0. The number of carboxylic acids is 1. The van der Waals surface area contributed by atoms with Crippen molar-refractivity contribution in [1.82, 2.24) is 5.32 Å². The van der Waals surface area contributed by atoms with Crippen LogP contribution in [0.3, 0.4) is 0 Å². The first-order chi connectivity index (χ1) is 13.0. The molecule has 0 saturated carbocycles. The molecule has 0 aliphatic carbocycles. The van der Waals surface area contributed by atoms with E-state index in [1.54, 1.807) is 6.07 Å². The molecule has 0 fully saturated rings. The number of aliphatic carboxylic acids is 1. The summed E-state index contributed by atoms with van der Waals surface area (Å²) in [5, 5.41) is 12.4. The van der Waals surface area contributed by atoms with Gasteiger partial charge in [0.1, 0.15) is 30.5 Å². The molecule has 0 amide bonds. The van der Waals surface area contributed by atoms with Crippen LogP contribution in [0.4, 0.5) is 4.39 Å². The zero-order chi connectivity index (χ0) is 19.2. The molecule has 27 heavy (non-hydrogen) atoms. The van der Waals surface area contributed by atoms with E-state index in [0.717, 1.165) is 17.7 Å². The van der Waals surface area contributed by atoms with Crippen molar-refractivity contribution >= 4 is 27.5 Å². The largest absolute Gasteiger partial charge is 0.490 e. The van der Waals surface area contributed by atoms with Gasteiger partial charge in [0.15, 0.2) is 0 Å². The molecule has 1 aliphatic heterocycles. The average Bonchev–Trinajstić information content (AvgIpc) is 2.68. The summed E-state index contributed by atoms with van der Waals surface area (Å²) in [5.74, 6) is -0.170. The molecular formula is C20H19BrFNO4. The first-order valence-corrected chi connectivity index (χ1v) is 9.31. The Morgan fingerprint density at radius 2 is 1.89 bits per heavy atom. The standard InChI is InChI=1S/C20H19BrFNO4/c21-18-6-3-14(22)11-19(18)27-10-9-26-15-4-1-13(2-5-15)16-7-8-23-12-17(16)20(24)25/h1-6,11,23H,7-10,12H2,(H,24,25). The van der Waals surface area contributed by atoms with Gasteiger partial charge in [-0.05, 0) is 64.3 Å². The highest BCUT2D eigenvalue weighted by atomic mass is 79.9. The summed E-state index contributed by atoms with van der Waals surface area (Å²) in [6, 6.07) is 11.6. The van der Waals surface area contributed by atoms with Crippen molar-refractivity contribution in [3.8, 4) is 11.5 Å². The molecule has 7 heteroatoms. The number of halogens is 2. The number of ether oxygens (including phenoxy) is 2. The predicted octanol–water partition coefficient (Wildman–Crippen LogP) is 3.88. The third-order valence-electron chi connectivity index (χ3n) is 4.18. The molecule has 0 radical (unpaired) electrons. The van der Waals surface area contributed by atoms with Crippen LogP contribution in [0, 0.1) is 5.82 Å². The van der Waals surface area contributed by atoms with Gasteiger partial charge in [-0.3, -0.25) is 0 Å². The lowest BCUT2D eigenvalue weighted by Gasteiger charge is -2.19. The van der Waals surface area contributed by atoms with Gasteiger partial charge in [-0.15, -0.1) is 0 Å². The van der Waals surface area contributed by atoms with E-state index in [0.29, 0.717) is 41.1 Å². The second-order valence-electron chi connectivity index (χ2n) is 5.99. The molecule has 0 bridgehead atoms. The van der Waals surface area contributed by atoms with Crippen LogP contribution >= 0.6 is 15.9 Å². The van der Waals surface area contributed by atoms with Crippen LogP contribution in [0.15, 0.2) is 52.5 Å². The maximum atomic E-state index is 13.2. The van der Waals surface area contributed by atoms with E-state index in [1.807, 2.05) is 24.3 Å². The Balaban J connectivity index is 1.56. The SMILES string of the molecule is O=C(O)C1=C(c2ccc(OCCOc3cc(F)ccc3Br)cc2)CCNC1. The first kappa shape index (κ1) is 19.4. The van der Waals surface area contributed by atoms with Crippen LogP contribution in [0.25, 0.3) is 5.57 Å². The summed E-state index contributed by atoms with van der Waals surface area (Å²) in [5.41, 5.74) is 2.15. The molecule has 142 valence electrons. The predicted molar refractivity (Wildman–Crippen MR) is 104 cm³/mol. The Labute approximate surface area is 164 Å². The maximum absolute atomic E-state index is 13.2. The highest BCUT2D eigenvalue weighted by molar-refractivity contribution is 9.10. The Bertz CT molecular complexity index is 852. The fraction of sp³-hybridized carbons (Fsp3) is 0.250. The van der Waals surface area contributed by atoms with Gasteiger partial charge < -0.3 is 19.9 Å². The van der Waals surface area contributed by atoms with Crippen LogP contribution in [-0.2, 0) is 4.79 Å². The molecule has 0 aromatic heterocycles. The highest BCUT2D eigenvalue weighted by Gasteiger charge is 2.19. The van der Waals surface area contributed by atoms with Crippen LogP contribution in [0.2, 0.25) is 0 Å². The van der Waals surface area contributed by atoms with E-state index in [2.05, 4.69) is 21.2 Å². The molecule has 2 aromatic rings. The molecule has 0 saturated heterocycles. The van der Waals surface area contributed by atoms with E-state index in [4.69, 9.17) is 9.47 Å². The van der Waals surface area contributed by atoms with Gasteiger partial charge in [-0.2, -0.15) is 0 Å². The summed E-state index contributed by atoms with van der Waals surface area (Å²) in [6.45, 7) is 1.70. The molecular weight excluding hydrogens is 417 g/mol. The Hall–Kier alpha value is -2.38. The minimum absolute atomic E-state index is 0.268. The molecule has 0 spiro atoms. The molecule has 1 aliphatic rings. The van der Waals surface area contributed by atoms with Crippen LogP contribution in [-0.4, -0.2) is 37.4 Å². The van der Waals surface area contributed by atoms with Gasteiger partial charge in [-0.25, -0.2) is 9.18 Å². The van der Waals surface area contributed by atoms with E-state index in [9.17, 15) is 14.3 Å². The van der Waals surface area contributed by atoms with Gasteiger partial charge in [-0.1, -0.05) is 12.1 Å². The van der Waals surface area contributed by atoms with Gasteiger partial charge in [0.25, 0.3) is 0 Å². The van der Waals surface area contributed by atoms with Gasteiger partial charge in [0, 0.05) is 12.6 Å². The fourth-order valence-electron chi connectivity index (χ4n) is 2.86. The molecule has 3 rings (SSSR count). The number of rotatable bonds is 7. The van der Waals surface area contributed by atoms with E-state index in [1.165, 1.54) is 12.1 Å². The Morgan fingerprint density at radius 3 is 2.63 bits per heavy atom. The summed E-state index contributed by atoms with van der Waals surface area (Å²) >= 11 is 3.31. The Morgan fingerprint density at radius 1 is 1.15 bits per heavy atom. The van der Waals surface area contributed by atoms with E-state index < -0.39 is 5.97 Å². The first-order valence-electron chi connectivity index (χ1n) is 8.51. The second-order valence-corrected chi connectivity index (χ2v) is 6.84. The van der Waals surface area contributed by atoms with Crippen molar-refractivity contribution in [3.63, 3.8) is 0 Å². The average molecular weight is 436 g/mol. The maximum Gasteiger partial charge on any atom is 0.333 e. The van der Waals surface area contributed by atoms with Crippen LogP contribution < -0.4 is 14.8 Å². The lowest BCUT2D eigenvalue weighted by Crippen LogP contribution is -2.28. The quantitative estimate of drug-likeness (QED) is 0.645. The zero-order valence-electron chi connectivity index (χ0n) is 14.5. The van der Waals surface area contributed by atoms with Crippen molar-refractivity contribution < 1.29 is 23.8 Å². The third-order valence-corrected chi connectivity index (χ3v) is 4.84. The minimum atomic E-state index is -0.891. The summed E-state index contributed by atoms with van der Waals surface area (Å²) in [4.78, 5) is 11.4. The summed E-state index contributed by atoms with van der Waals surface area (Å²) in [6.07, 6.45) is 0.679. The zero-order valence-corrected chi connectivity index (χ0v) is 16.1. The number of nitrogens with one attached hydrogen (secondary N) is 1. The van der Waals surface area contributed by atoms with E-state index >= 15 is 0 Å². The van der Waals surface area contributed by atoms with Gasteiger partial charge in [0.2, 0.25) is 0 Å². The number of hydrogen-bond acceptors (Lipinski definition) is 4. The van der Waals surface area contributed by atoms with Crippen molar-refractivity contribution in [2.45, 2.75) is 6.42 Å². The lowest BCUT2D eigenvalue weighted by molar-refractivity contribution is -0.132. The van der Waals surface area contributed by atoms with Crippen molar-refractivity contribution in [3.05, 3.63) is 63.9 Å². The minimum Gasteiger partial charge on any atom is -0.490 e. The topological polar surface area (TPSA) is 67.8 Å². The smallest absolute Gasteiger partial charge is 0.333 e. The molecule has 2 N–H and O–H groups in total. The second kappa shape index (κ2) is 9.01. The van der Waals surface area contributed by atoms with Crippen LogP contribution in [0.5, 0.6) is 11.5 Å². The number of hydrogen-bond donors (Lipinski definition) is 2. The number of carbonyl (C=O) groups is 1. The van der Waals surface area contributed by atoms with Crippen molar-refractivity contribution in [1.29, 1.82) is 0 Å². The van der Waals surface area contributed by atoms with Crippen molar-refractivity contribution in [2.75, 3.05) is 26.3 Å². The monoisotopic (exact) mass is 435 g/mol. The number of benzene rings is 2. The molecule has 5 nitrogen and oxygen atoms in total. The fourth-order valence-corrected chi connectivity index (χ4v) is 3.22. The highest BCUT2D eigenvalue weighted by Crippen LogP contribution is 2.27. The number of carboxylic acid groups (broad SMARTS) is 1. The van der Waals surface area contributed by atoms with E-state index in [-0.39, 0.29) is 12.4 Å². The van der Waals surface area contributed by atoms with Crippen LogP contribution in [0.1, 0.15) is 12.0 Å².